The molecule has 0 amide bonds. The van der Waals surface area contributed by atoms with E-state index in [0.29, 0.717) is 12.5 Å². The van der Waals surface area contributed by atoms with Gasteiger partial charge in [0.25, 0.3) is 0 Å². The molecule has 0 spiro atoms. The fraction of sp³-hybridized carbons (Fsp3) is 0.500. The second-order valence-electron chi connectivity index (χ2n) is 4.27. The summed E-state index contributed by atoms with van der Waals surface area (Å²) < 4.78 is 40.7. The van der Waals surface area contributed by atoms with Gasteiger partial charge < -0.3 is 15.4 Å². The summed E-state index contributed by atoms with van der Waals surface area (Å²) in [7, 11) is 0. The van der Waals surface area contributed by atoms with Crippen molar-refractivity contribution in [2.45, 2.75) is 26.6 Å². The molecule has 0 radical (unpaired) electrons. The molecular weight excluding hydrogens is 283 g/mol. The van der Waals surface area contributed by atoms with E-state index in [1.54, 1.807) is 12.1 Å². The van der Waals surface area contributed by atoms with Crippen LogP contribution >= 0.6 is 0 Å². The lowest BCUT2D eigenvalue weighted by Gasteiger charge is -2.10. The number of aliphatic imine (C=N–C) groups is 1. The zero-order chi connectivity index (χ0) is 15.7. The minimum absolute atomic E-state index is 0.193. The molecule has 0 unspecified atom stereocenters. The van der Waals surface area contributed by atoms with Gasteiger partial charge in [-0.1, -0.05) is 12.1 Å². The van der Waals surface area contributed by atoms with Crippen LogP contribution in [0.2, 0.25) is 0 Å². The van der Waals surface area contributed by atoms with E-state index < -0.39 is 12.8 Å². The average molecular weight is 303 g/mol. The van der Waals surface area contributed by atoms with E-state index in [1.165, 1.54) is 12.1 Å². The van der Waals surface area contributed by atoms with E-state index in [1.807, 2.05) is 13.8 Å². The van der Waals surface area contributed by atoms with Crippen LogP contribution in [0, 0.1) is 0 Å². The number of halogens is 3. The molecule has 118 valence electrons. The van der Waals surface area contributed by atoms with Gasteiger partial charge in [0.05, 0.1) is 6.54 Å². The predicted octanol–water partition coefficient (Wildman–Crippen LogP) is 2.70. The molecule has 0 fully saturated rings. The van der Waals surface area contributed by atoms with Gasteiger partial charge in [0.1, 0.15) is 5.75 Å². The number of alkyl halides is 3. The lowest BCUT2D eigenvalue weighted by atomic mass is 10.2. The Kier molecular flexibility index (Phi) is 6.84. The molecule has 0 aliphatic carbocycles. The van der Waals surface area contributed by atoms with E-state index in [0.717, 1.165) is 18.7 Å². The molecule has 21 heavy (non-hydrogen) atoms. The monoisotopic (exact) mass is 303 g/mol. The molecule has 1 aromatic carbocycles. The van der Waals surface area contributed by atoms with Crippen LogP contribution in [0.5, 0.6) is 5.75 Å². The van der Waals surface area contributed by atoms with Crippen LogP contribution in [0.15, 0.2) is 29.3 Å². The predicted molar refractivity (Wildman–Crippen MR) is 76.5 cm³/mol. The molecule has 0 atom stereocenters. The van der Waals surface area contributed by atoms with Gasteiger partial charge in [-0.05, 0) is 31.5 Å². The maximum Gasteiger partial charge on any atom is 0.422 e. The number of hydrogen-bond donors (Lipinski definition) is 2. The first-order chi connectivity index (χ1) is 9.94. The van der Waals surface area contributed by atoms with E-state index in [2.05, 4.69) is 20.4 Å². The van der Waals surface area contributed by atoms with Crippen LogP contribution < -0.4 is 15.4 Å². The molecule has 4 nitrogen and oxygen atoms in total. The van der Waals surface area contributed by atoms with E-state index in [9.17, 15) is 13.2 Å². The standard InChI is InChI=1S/C14H20F3N3O/c1-3-18-13(19-4-2)20-9-11-5-7-12(8-6-11)21-10-14(15,16)17/h5-8H,3-4,9-10H2,1-2H3,(H2,18,19,20). The topological polar surface area (TPSA) is 45.7 Å². The quantitative estimate of drug-likeness (QED) is 0.627. The summed E-state index contributed by atoms with van der Waals surface area (Å²) >= 11 is 0. The van der Waals surface area contributed by atoms with E-state index in [-0.39, 0.29) is 5.75 Å². The Labute approximate surface area is 122 Å². The summed E-state index contributed by atoms with van der Waals surface area (Å²) in [5.74, 6) is 0.899. The zero-order valence-corrected chi connectivity index (χ0v) is 12.1. The lowest BCUT2D eigenvalue weighted by Crippen LogP contribution is -2.36. The Morgan fingerprint density at radius 3 is 2.14 bits per heavy atom. The summed E-state index contributed by atoms with van der Waals surface area (Å²) in [4.78, 5) is 4.36. The van der Waals surface area contributed by atoms with Crippen molar-refractivity contribution in [3.8, 4) is 5.75 Å². The molecule has 0 bridgehead atoms. The van der Waals surface area contributed by atoms with Gasteiger partial charge in [0, 0.05) is 13.1 Å². The van der Waals surface area contributed by atoms with Gasteiger partial charge >= 0.3 is 6.18 Å². The molecule has 2 N–H and O–H groups in total. The fourth-order valence-corrected chi connectivity index (χ4v) is 1.54. The molecule has 0 aliphatic rings. The van der Waals surface area contributed by atoms with Crippen molar-refractivity contribution < 1.29 is 17.9 Å². The van der Waals surface area contributed by atoms with Crippen molar-refractivity contribution in [1.82, 2.24) is 10.6 Å². The summed E-state index contributed by atoms with van der Waals surface area (Å²) in [6.07, 6.45) is -4.32. The summed E-state index contributed by atoms with van der Waals surface area (Å²) in [6, 6.07) is 6.42. The van der Waals surface area contributed by atoms with Crippen molar-refractivity contribution in [3.05, 3.63) is 29.8 Å². The first-order valence-corrected chi connectivity index (χ1v) is 6.75. The third-order valence-corrected chi connectivity index (χ3v) is 2.43. The number of nitrogens with one attached hydrogen (secondary N) is 2. The van der Waals surface area contributed by atoms with Crippen molar-refractivity contribution in [1.29, 1.82) is 0 Å². The number of benzene rings is 1. The minimum Gasteiger partial charge on any atom is -0.484 e. The second kappa shape index (κ2) is 8.39. The van der Waals surface area contributed by atoms with Gasteiger partial charge in [-0.3, -0.25) is 0 Å². The van der Waals surface area contributed by atoms with Gasteiger partial charge in [0.15, 0.2) is 12.6 Å². The first kappa shape index (κ1) is 17.1. The first-order valence-electron chi connectivity index (χ1n) is 6.75. The number of guanidine groups is 1. The molecule has 0 saturated heterocycles. The van der Waals surface area contributed by atoms with Crippen LogP contribution in [0.4, 0.5) is 13.2 Å². The van der Waals surface area contributed by atoms with E-state index >= 15 is 0 Å². The molecule has 0 aliphatic heterocycles. The fourth-order valence-electron chi connectivity index (χ4n) is 1.54. The number of ether oxygens (including phenoxy) is 1. The van der Waals surface area contributed by atoms with Crippen molar-refractivity contribution in [2.75, 3.05) is 19.7 Å². The highest BCUT2D eigenvalue weighted by atomic mass is 19.4. The second-order valence-corrected chi connectivity index (χ2v) is 4.27. The highest BCUT2D eigenvalue weighted by Crippen LogP contribution is 2.19. The zero-order valence-electron chi connectivity index (χ0n) is 12.1. The van der Waals surface area contributed by atoms with E-state index in [4.69, 9.17) is 0 Å². The summed E-state index contributed by atoms with van der Waals surface area (Å²) in [5, 5.41) is 6.18. The number of rotatable bonds is 6. The Morgan fingerprint density at radius 2 is 1.67 bits per heavy atom. The smallest absolute Gasteiger partial charge is 0.422 e. The molecule has 1 aromatic rings. The van der Waals surface area contributed by atoms with Gasteiger partial charge in [-0.25, -0.2) is 4.99 Å². The van der Waals surface area contributed by atoms with Gasteiger partial charge in [-0.2, -0.15) is 13.2 Å². The van der Waals surface area contributed by atoms with Crippen LogP contribution in [0.1, 0.15) is 19.4 Å². The maximum atomic E-state index is 12.0. The SMILES string of the molecule is CCNC(=NCc1ccc(OCC(F)(F)F)cc1)NCC. The maximum absolute atomic E-state index is 12.0. The average Bonchev–Trinajstić information content (AvgIpc) is 2.43. The number of nitrogens with zero attached hydrogens (tertiary/aromatic N) is 1. The normalized spacial score (nSPS) is 10.9. The Hall–Kier alpha value is -1.92. The molecule has 7 heteroatoms. The Bertz CT molecular complexity index is 436. The minimum atomic E-state index is -4.32. The molecule has 1 rings (SSSR count). The van der Waals surface area contributed by atoms with Crippen molar-refractivity contribution in [3.63, 3.8) is 0 Å². The van der Waals surface area contributed by atoms with Gasteiger partial charge in [-0.15, -0.1) is 0 Å². The van der Waals surface area contributed by atoms with Crippen LogP contribution in [-0.2, 0) is 6.54 Å². The third kappa shape index (κ3) is 7.43. The Morgan fingerprint density at radius 1 is 1.10 bits per heavy atom. The molecular formula is C14H20F3N3O. The van der Waals surface area contributed by atoms with Gasteiger partial charge in [0.2, 0.25) is 0 Å². The Balaban J connectivity index is 2.55. The van der Waals surface area contributed by atoms with Crippen LogP contribution in [0.25, 0.3) is 0 Å². The van der Waals surface area contributed by atoms with Crippen LogP contribution in [0.3, 0.4) is 0 Å². The molecule has 0 saturated carbocycles. The van der Waals surface area contributed by atoms with Crippen molar-refractivity contribution in [2.24, 2.45) is 4.99 Å². The van der Waals surface area contributed by atoms with Crippen molar-refractivity contribution >= 4 is 5.96 Å². The lowest BCUT2D eigenvalue weighted by molar-refractivity contribution is -0.153. The van der Waals surface area contributed by atoms with Crippen LogP contribution in [-0.4, -0.2) is 31.8 Å². The summed E-state index contributed by atoms with van der Waals surface area (Å²) in [6.45, 7) is 4.62. The highest BCUT2D eigenvalue weighted by molar-refractivity contribution is 5.79. The highest BCUT2D eigenvalue weighted by Gasteiger charge is 2.28. The number of hydrogen-bond acceptors (Lipinski definition) is 2. The largest absolute Gasteiger partial charge is 0.484 e. The third-order valence-electron chi connectivity index (χ3n) is 2.43. The molecule has 0 heterocycles. The summed E-state index contributed by atoms with van der Waals surface area (Å²) in [5.41, 5.74) is 0.891. The molecule has 0 aromatic heterocycles.